The van der Waals surface area contributed by atoms with Crippen molar-refractivity contribution in [2.75, 3.05) is 13.7 Å². The fourth-order valence-electron chi connectivity index (χ4n) is 3.32. The van der Waals surface area contributed by atoms with Crippen molar-refractivity contribution in [3.8, 4) is 11.8 Å². The molecule has 3 rings (SSSR count). The molecule has 1 amide bonds. The molecule has 1 heterocycles. The lowest BCUT2D eigenvalue weighted by molar-refractivity contribution is -0.140. The van der Waals surface area contributed by atoms with Crippen molar-refractivity contribution in [3.63, 3.8) is 0 Å². The van der Waals surface area contributed by atoms with E-state index in [1.807, 2.05) is 36.5 Å². The Bertz CT molecular complexity index is 1110. The first-order valence-electron chi connectivity index (χ1n) is 10.2. The van der Waals surface area contributed by atoms with Gasteiger partial charge in [-0.05, 0) is 42.7 Å². The van der Waals surface area contributed by atoms with Crippen LogP contribution in [-0.2, 0) is 16.0 Å². The van der Waals surface area contributed by atoms with Crippen LogP contribution in [0.2, 0.25) is 0 Å². The van der Waals surface area contributed by atoms with Crippen LogP contribution in [0.3, 0.4) is 0 Å². The zero-order chi connectivity index (χ0) is 22.1. The number of fused-ring (bicyclic) bond motifs is 1. The summed E-state index contributed by atoms with van der Waals surface area (Å²) in [7, 11) is 1.37. The number of hydrogen-bond donors (Lipinski definition) is 3. The van der Waals surface area contributed by atoms with E-state index in [0.717, 1.165) is 22.0 Å². The van der Waals surface area contributed by atoms with Crippen molar-refractivity contribution in [1.82, 2.24) is 10.3 Å². The Balaban J connectivity index is 1.60. The zero-order valence-electron chi connectivity index (χ0n) is 17.5. The van der Waals surface area contributed by atoms with Crippen LogP contribution in [-0.4, -0.2) is 41.7 Å². The molecule has 0 radical (unpaired) electrons. The number of aliphatic hydroxyl groups is 1. The minimum absolute atomic E-state index is 0.162. The number of ether oxygens (including phenoxy) is 1. The molecule has 31 heavy (non-hydrogen) atoms. The topological polar surface area (TPSA) is 91.4 Å². The zero-order valence-corrected chi connectivity index (χ0v) is 17.5. The molecule has 0 saturated heterocycles. The van der Waals surface area contributed by atoms with Gasteiger partial charge < -0.3 is 20.1 Å². The van der Waals surface area contributed by atoms with Crippen LogP contribution in [0.1, 0.15) is 40.7 Å². The average Bonchev–Trinajstić information content (AvgIpc) is 3.21. The van der Waals surface area contributed by atoms with Crippen LogP contribution in [0, 0.1) is 11.8 Å². The Labute approximate surface area is 181 Å². The predicted octanol–water partition coefficient (Wildman–Crippen LogP) is 3.20. The number of esters is 1. The molecule has 1 atom stereocenters. The van der Waals surface area contributed by atoms with Gasteiger partial charge in [-0.1, -0.05) is 36.1 Å². The number of hydrogen-bond acceptors (Lipinski definition) is 4. The first kappa shape index (κ1) is 22.1. The monoisotopic (exact) mass is 418 g/mol. The van der Waals surface area contributed by atoms with Gasteiger partial charge in [-0.15, -0.1) is 0 Å². The van der Waals surface area contributed by atoms with Gasteiger partial charge in [-0.25, -0.2) is 0 Å². The highest BCUT2D eigenvalue weighted by Crippen LogP contribution is 2.19. The van der Waals surface area contributed by atoms with E-state index >= 15 is 0 Å². The van der Waals surface area contributed by atoms with Gasteiger partial charge in [-0.3, -0.25) is 9.59 Å². The SMILES string of the molecule is COC(=O)CCCC#Cc1cccc(C(=O)N[C@@H](CO)Cc2c[nH]c3ccccc23)c1. The molecule has 3 aromatic rings. The molecular formula is C25H26N2O4. The highest BCUT2D eigenvalue weighted by molar-refractivity contribution is 5.94. The summed E-state index contributed by atoms with van der Waals surface area (Å²) in [4.78, 5) is 27.0. The number of methoxy groups -OCH3 is 1. The Hall–Kier alpha value is -3.56. The molecule has 0 spiro atoms. The summed E-state index contributed by atoms with van der Waals surface area (Å²) in [5.74, 6) is 5.53. The van der Waals surface area contributed by atoms with Gasteiger partial charge in [0.2, 0.25) is 0 Å². The number of amides is 1. The largest absolute Gasteiger partial charge is 0.469 e. The normalized spacial score (nSPS) is 11.4. The van der Waals surface area contributed by atoms with Crippen LogP contribution in [0.4, 0.5) is 0 Å². The average molecular weight is 418 g/mol. The molecule has 6 nitrogen and oxygen atoms in total. The third kappa shape index (κ3) is 6.21. The third-order valence-electron chi connectivity index (χ3n) is 4.96. The first-order valence-corrected chi connectivity index (χ1v) is 10.2. The van der Waals surface area contributed by atoms with Crippen molar-refractivity contribution < 1.29 is 19.4 Å². The van der Waals surface area contributed by atoms with Crippen molar-refractivity contribution in [3.05, 3.63) is 71.4 Å². The Morgan fingerprint density at radius 3 is 2.84 bits per heavy atom. The van der Waals surface area contributed by atoms with Gasteiger partial charge >= 0.3 is 5.97 Å². The van der Waals surface area contributed by atoms with Gasteiger partial charge in [0.1, 0.15) is 0 Å². The Morgan fingerprint density at radius 1 is 1.19 bits per heavy atom. The van der Waals surface area contributed by atoms with Crippen molar-refractivity contribution in [2.45, 2.75) is 31.7 Å². The van der Waals surface area contributed by atoms with Crippen LogP contribution < -0.4 is 5.32 Å². The summed E-state index contributed by atoms with van der Waals surface area (Å²) in [6.45, 7) is -0.162. The van der Waals surface area contributed by atoms with Crippen LogP contribution >= 0.6 is 0 Å². The maximum absolute atomic E-state index is 12.7. The maximum atomic E-state index is 12.7. The quantitative estimate of drug-likeness (QED) is 0.298. The van der Waals surface area contributed by atoms with E-state index in [1.165, 1.54) is 7.11 Å². The lowest BCUT2D eigenvalue weighted by Crippen LogP contribution is -2.39. The van der Waals surface area contributed by atoms with Gasteiger partial charge in [0.05, 0.1) is 19.8 Å². The summed E-state index contributed by atoms with van der Waals surface area (Å²) in [5.41, 5.74) is 3.28. The summed E-state index contributed by atoms with van der Waals surface area (Å²) >= 11 is 0. The van der Waals surface area contributed by atoms with E-state index in [4.69, 9.17) is 0 Å². The number of aromatic amines is 1. The number of carbonyl (C=O) groups excluding carboxylic acids is 2. The van der Waals surface area contributed by atoms with E-state index in [2.05, 4.69) is 26.9 Å². The van der Waals surface area contributed by atoms with Crippen LogP contribution in [0.15, 0.2) is 54.7 Å². The minimum atomic E-state index is -0.403. The van der Waals surface area contributed by atoms with Gasteiger partial charge in [0.25, 0.3) is 5.91 Å². The lowest BCUT2D eigenvalue weighted by atomic mass is 10.0. The second kappa shape index (κ2) is 11.0. The number of unbranched alkanes of at least 4 members (excludes halogenated alkanes) is 1. The molecule has 0 unspecified atom stereocenters. The standard InChI is InChI=1S/C25H26N2O4/c1-31-24(29)13-4-2-3-8-18-9-7-10-19(14-18)25(30)27-21(17-28)15-20-16-26-23-12-6-5-11-22(20)23/h5-7,9-12,14,16,21,26,28H,2,4,13,15,17H2,1H3,(H,27,30)/t21-/m1/s1. The number of carbonyl (C=O) groups is 2. The number of para-hydroxylation sites is 1. The summed E-state index contributed by atoms with van der Waals surface area (Å²) in [5, 5.41) is 13.8. The highest BCUT2D eigenvalue weighted by Gasteiger charge is 2.16. The molecule has 1 aromatic heterocycles. The summed E-state index contributed by atoms with van der Waals surface area (Å²) in [6, 6.07) is 14.6. The number of aromatic nitrogens is 1. The molecule has 0 aliphatic carbocycles. The number of benzene rings is 2. The van der Waals surface area contributed by atoms with Crippen LogP contribution in [0.25, 0.3) is 10.9 Å². The van der Waals surface area contributed by atoms with Crippen molar-refractivity contribution >= 4 is 22.8 Å². The Kier molecular flexibility index (Phi) is 7.85. The molecule has 0 bridgehead atoms. The molecule has 0 fully saturated rings. The minimum Gasteiger partial charge on any atom is -0.469 e. The molecule has 0 aliphatic heterocycles. The third-order valence-corrected chi connectivity index (χ3v) is 4.96. The first-order chi connectivity index (χ1) is 15.1. The maximum Gasteiger partial charge on any atom is 0.305 e. The molecule has 160 valence electrons. The van der Waals surface area contributed by atoms with Crippen molar-refractivity contribution in [1.29, 1.82) is 0 Å². The molecule has 0 aliphatic rings. The predicted molar refractivity (Wildman–Crippen MR) is 120 cm³/mol. The highest BCUT2D eigenvalue weighted by atomic mass is 16.5. The molecular weight excluding hydrogens is 392 g/mol. The van der Waals surface area contributed by atoms with Gasteiger partial charge in [0, 0.05) is 41.1 Å². The molecule has 3 N–H and O–H groups in total. The second-order valence-electron chi connectivity index (χ2n) is 7.23. The molecule has 6 heteroatoms. The molecule has 2 aromatic carbocycles. The van der Waals surface area contributed by atoms with E-state index in [1.54, 1.807) is 18.2 Å². The lowest BCUT2D eigenvalue weighted by Gasteiger charge is -2.16. The molecule has 0 saturated carbocycles. The number of rotatable bonds is 8. The number of H-pyrrole nitrogens is 1. The van der Waals surface area contributed by atoms with E-state index in [9.17, 15) is 14.7 Å². The summed E-state index contributed by atoms with van der Waals surface area (Å²) < 4.78 is 4.60. The van der Waals surface area contributed by atoms with E-state index in [-0.39, 0.29) is 18.5 Å². The van der Waals surface area contributed by atoms with Gasteiger partial charge in [-0.2, -0.15) is 0 Å². The van der Waals surface area contributed by atoms with Gasteiger partial charge in [0.15, 0.2) is 0 Å². The Morgan fingerprint density at radius 2 is 2.03 bits per heavy atom. The fourth-order valence-corrected chi connectivity index (χ4v) is 3.32. The number of aliphatic hydroxyl groups excluding tert-OH is 1. The van der Waals surface area contributed by atoms with E-state index < -0.39 is 6.04 Å². The fraction of sp³-hybridized carbons (Fsp3) is 0.280. The summed E-state index contributed by atoms with van der Waals surface area (Å²) in [6.07, 6.45) is 3.98. The van der Waals surface area contributed by atoms with Crippen molar-refractivity contribution in [2.24, 2.45) is 0 Å². The number of nitrogens with one attached hydrogen (secondary N) is 2. The van der Waals surface area contributed by atoms with Crippen LogP contribution in [0.5, 0.6) is 0 Å². The second-order valence-corrected chi connectivity index (χ2v) is 7.23. The van der Waals surface area contributed by atoms with E-state index in [0.29, 0.717) is 31.2 Å². The smallest absolute Gasteiger partial charge is 0.305 e.